The van der Waals surface area contributed by atoms with Gasteiger partial charge in [0, 0.05) is 0 Å². The third-order valence-corrected chi connectivity index (χ3v) is 3.57. The molecular formula is F4GeNP2. The van der Waals surface area contributed by atoms with Crippen LogP contribution in [0.15, 0.2) is 0 Å². The van der Waals surface area contributed by atoms with E-state index < -0.39 is 17.4 Å². The van der Waals surface area contributed by atoms with Crippen LogP contribution in [-0.4, -0.2) is 20.1 Å². The van der Waals surface area contributed by atoms with Crippen LogP contribution in [0.25, 0.3) is 0 Å². The van der Waals surface area contributed by atoms with Crippen molar-refractivity contribution in [2.24, 2.45) is 0 Å². The van der Waals surface area contributed by atoms with Crippen LogP contribution >= 0.6 is 17.4 Å². The Bertz CT molecular complexity index is 59.1. The summed E-state index contributed by atoms with van der Waals surface area (Å²) in [5.74, 6) is 0. The van der Waals surface area contributed by atoms with Crippen LogP contribution in [0.4, 0.5) is 16.8 Å². The number of hydrogen-bond acceptors (Lipinski definition) is 1. The van der Waals surface area contributed by atoms with E-state index in [1.807, 2.05) is 0 Å². The standard InChI is InChI=1S/F4GeNP2/c1-7(2)6(5)8(3)4. The van der Waals surface area contributed by atoms with Gasteiger partial charge < -0.3 is 0 Å². The second-order valence-electron chi connectivity index (χ2n) is 0.720. The molecule has 0 aliphatic rings. The Balaban J connectivity index is 3.46. The number of hydrogen-bond donors (Lipinski definition) is 0. The van der Waals surface area contributed by atoms with Crippen LogP contribution < -0.4 is 0 Å². The van der Waals surface area contributed by atoms with Gasteiger partial charge in [-0.3, -0.25) is 0 Å². The SMILES string of the molecule is FP(F)[N]([Ge])P(F)F. The Morgan fingerprint density at radius 1 is 1.00 bits per heavy atom. The van der Waals surface area contributed by atoms with Crippen molar-refractivity contribution in [3.63, 3.8) is 0 Å². The molecule has 0 aromatic rings. The number of halogens is 4. The molecule has 0 aromatic heterocycles. The molecule has 0 aromatic carbocycles. The van der Waals surface area contributed by atoms with Crippen molar-refractivity contribution >= 4 is 34.1 Å². The molecule has 0 unspecified atom stereocenters. The van der Waals surface area contributed by atoms with Crippen LogP contribution in [0, 0.1) is 0 Å². The van der Waals surface area contributed by atoms with Gasteiger partial charge >= 0.3 is 54.3 Å². The van der Waals surface area contributed by atoms with E-state index in [1.54, 1.807) is 0 Å². The van der Waals surface area contributed by atoms with Gasteiger partial charge in [-0.05, 0) is 0 Å². The van der Waals surface area contributed by atoms with E-state index in [0.717, 1.165) is 0 Å². The van der Waals surface area contributed by atoms with Gasteiger partial charge in [-0.15, -0.1) is 0 Å². The van der Waals surface area contributed by atoms with Crippen molar-refractivity contribution in [3.05, 3.63) is 0 Å². The predicted molar refractivity (Wildman–Crippen MR) is 25.9 cm³/mol. The summed E-state index contributed by atoms with van der Waals surface area (Å²) in [5, 5.41) is 0. The molecule has 8 heavy (non-hydrogen) atoms. The molecule has 0 heterocycles. The van der Waals surface area contributed by atoms with E-state index in [0.29, 0.717) is 16.7 Å². The second-order valence-corrected chi connectivity index (χ2v) is 5.21. The van der Waals surface area contributed by atoms with Gasteiger partial charge in [0.05, 0.1) is 0 Å². The molecule has 3 radical (unpaired) electrons. The van der Waals surface area contributed by atoms with Crippen molar-refractivity contribution in [2.75, 3.05) is 0 Å². The summed E-state index contributed by atoms with van der Waals surface area (Å²) in [6.07, 6.45) is 0. The summed E-state index contributed by atoms with van der Waals surface area (Å²) < 4.78 is 44.6. The van der Waals surface area contributed by atoms with Gasteiger partial charge in [0.15, 0.2) is 0 Å². The average molecular weight is 225 g/mol. The zero-order chi connectivity index (χ0) is 6.73. The molecule has 0 saturated heterocycles. The Labute approximate surface area is 55.0 Å². The molecule has 0 amide bonds. The van der Waals surface area contributed by atoms with Gasteiger partial charge in [0.25, 0.3) is 0 Å². The molecule has 8 heteroatoms. The van der Waals surface area contributed by atoms with Crippen molar-refractivity contribution in [3.8, 4) is 0 Å². The number of rotatable bonds is 2. The molecule has 47 valence electrons. The molecule has 0 aliphatic carbocycles. The van der Waals surface area contributed by atoms with E-state index in [4.69, 9.17) is 0 Å². The topological polar surface area (TPSA) is 3.24 Å². The summed E-state index contributed by atoms with van der Waals surface area (Å²) in [6, 6.07) is 0. The molecule has 0 spiro atoms. The Morgan fingerprint density at radius 3 is 1.25 bits per heavy atom. The fraction of sp³-hybridized carbons (Fsp3) is 0. The molecule has 1 nitrogen and oxygen atoms in total. The third kappa shape index (κ3) is 3.18. The zero-order valence-corrected chi connectivity index (χ0v) is 7.24. The summed E-state index contributed by atoms with van der Waals surface area (Å²) in [7, 11) is -7.18. The minimum atomic E-state index is -3.59. The van der Waals surface area contributed by atoms with Gasteiger partial charge in [-0.25, -0.2) is 0 Å². The molecule has 0 fully saturated rings. The van der Waals surface area contributed by atoms with Crippen molar-refractivity contribution in [1.82, 2.24) is 3.40 Å². The van der Waals surface area contributed by atoms with Gasteiger partial charge in [0.1, 0.15) is 0 Å². The maximum atomic E-state index is 11.2. The Morgan fingerprint density at radius 2 is 1.25 bits per heavy atom. The van der Waals surface area contributed by atoms with E-state index in [1.165, 1.54) is 0 Å². The predicted octanol–water partition coefficient (Wildman–Crippen LogP) is 2.70. The van der Waals surface area contributed by atoms with E-state index in [9.17, 15) is 16.8 Å². The first kappa shape index (κ1) is 9.08. The molecule has 0 saturated carbocycles. The maximum absolute atomic E-state index is 11.2. The van der Waals surface area contributed by atoms with Gasteiger partial charge in [0.2, 0.25) is 0 Å². The normalized spacial score (nSPS) is 12.0. The van der Waals surface area contributed by atoms with Crippen molar-refractivity contribution < 1.29 is 16.8 Å². The van der Waals surface area contributed by atoms with Gasteiger partial charge in [-0.1, -0.05) is 0 Å². The zero-order valence-electron chi connectivity index (χ0n) is 3.35. The molecule has 0 atom stereocenters. The quantitative estimate of drug-likeness (QED) is 0.396. The van der Waals surface area contributed by atoms with E-state index in [2.05, 4.69) is 0 Å². The molecule has 0 bridgehead atoms. The Kier molecular flexibility index (Phi) is 4.53. The molecule has 0 N–H and O–H groups in total. The van der Waals surface area contributed by atoms with Crippen LogP contribution in [0.1, 0.15) is 0 Å². The van der Waals surface area contributed by atoms with Crippen molar-refractivity contribution in [2.45, 2.75) is 0 Å². The van der Waals surface area contributed by atoms with Crippen LogP contribution in [0.5, 0.6) is 0 Å². The van der Waals surface area contributed by atoms with Crippen LogP contribution in [0.2, 0.25) is 0 Å². The first-order chi connectivity index (χ1) is 3.55. The first-order valence-corrected chi connectivity index (χ1v) is 4.39. The summed E-state index contributed by atoms with van der Waals surface area (Å²) >= 11 is 0.706. The molecule has 0 rings (SSSR count). The van der Waals surface area contributed by atoms with Crippen molar-refractivity contribution in [1.29, 1.82) is 0 Å². The molecule has 0 aliphatic heterocycles. The fourth-order valence-corrected chi connectivity index (χ4v) is 0.460. The van der Waals surface area contributed by atoms with E-state index >= 15 is 0 Å². The monoisotopic (exact) mass is 226 g/mol. The third-order valence-electron chi connectivity index (χ3n) is 0.286. The number of nitrogens with zero attached hydrogens (tertiary/aromatic N) is 1. The average Bonchev–Trinajstić information content (AvgIpc) is 1.64. The van der Waals surface area contributed by atoms with E-state index in [-0.39, 0.29) is 3.40 Å². The molecular weight excluding hydrogens is 225 g/mol. The second kappa shape index (κ2) is 3.99. The van der Waals surface area contributed by atoms with Crippen LogP contribution in [-0.2, 0) is 0 Å². The summed E-state index contributed by atoms with van der Waals surface area (Å²) in [5.41, 5.74) is 0. The fourth-order valence-electron chi connectivity index (χ4n) is 0.0511. The Hall–Kier alpha value is 1.08. The summed E-state index contributed by atoms with van der Waals surface area (Å²) in [6.45, 7) is 0. The summed E-state index contributed by atoms with van der Waals surface area (Å²) in [4.78, 5) is 0. The van der Waals surface area contributed by atoms with Crippen LogP contribution in [0.3, 0.4) is 0 Å². The van der Waals surface area contributed by atoms with Gasteiger partial charge in [-0.2, -0.15) is 0 Å². The first-order valence-electron chi connectivity index (χ1n) is 1.30. The minimum absolute atomic E-state index is 0.204.